The molecule has 0 aliphatic carbocycles. The lowest BCUT2D eigenvalue weighted by atomic mass is 10.2. The second-order valence-electron chi connectivity index (χ2n) is 6.78. The topological polar surface area (TPSA) is 56.2 Å². The number of phenolic OH excluding ortho intramolecular Hbond substituents is 1. The molecule has 0 unspecified atom stereocenters. The van der Waals surface area contributed by atoms with Gasteiger partial charge in [0.15, 0.2) is 0 Å². The number of ether oxygens (including phenoxy) is 1. The van der Waals surface area contributed by atoms with Crippen LogP contribution < -0.4 is 9.64 Å². The van der Waals surface area contributed by atoms with Crippen molar-refractivity contribution in [2.75, 3.05) is 57.8 Å². The van der Waals surface area contributed by atoms with Gasteiger partial charge < -0.3 is 19.6 Å². The Labute approximate surface area is 160 Å². The van der Waals surface area contributed by atoms with Gasteiger partial charge in [0.2, 0.25) is 5.91 Å². The molecule has 2 aromatic carbocycles. The Morgan fingerprint density at radius 1 is 1.04 bits per heavy atom. The molecule has 1 N–H and O–H groups in total. The molecule has 144 valence electrons. The molecular formula is C21H27N3O3. The molecule has 1 fully saturated rings. The number of aromatic hydroxyl groups is 1. The van der Waals surface area contributed by atoms with E-state index in [1.165, 1.54) is 0 Å². The van der Waals surface area contributed by atoms with Gasteiger partial charge in [0.25, 0.3) is 0 Å². The minimum Gasteiger partial charge on any atom is -0.508 e. The first-order chi connectivity index (χ1) is 13.1. The molecule has 0 radical (unpaired) electrons. The van der Waals surface area contributed by atoms with Crippen LogP contribution in [0.15, 0.2) is 54.6 Å². The maximum absolute atomic E-state index is 12.5. The van der Waals surface area contributed by atoms with E-state index in [4.69, 9.17) is 4.74 Å². The molecule has 6 heteroatoms. The van der Waals surface area contributed by atoms with Gasteiger partial charge in [-0.3, -0.25) is 9.69 Å². The molecular weight excluding hydrogens is 342 g/mol. The smallest absolute Gasteiger partial charge is 0.236 e. The first-order valence-corrected chi connectivity index (χ1v) is 9.30. The lowest BCUT2D eigenvalue weighted by Gasteiger charge is -2.36. The Morgan fingerprint density at radius 3 is 2.37 bits per heavy atom. The molecule has 0 saturated carbocycles. The summed E-state index contributed by atoms with van der Waals surface area (Å²) in [4.78, 5) is 18.7. The fourth-order valence-electron chi connectivity index (χ4n) is 3.12. The number of nitrogens with zero attached hydrogens (tertiary/aromatic N) is 3. The Balaban J connectivity index is 1.38. The van der Waals surface area contributed by atoms with Crippen molar-refractivity contribution in [3.05, 3.63) is 54.6 Å². The van der Waals surface area contributed by atoms with E-state index in [1.54, 1.807) is 12.1 Å². The molecule has 1 heterocycles. The van der Waals surface area contributed by atoms with Crippen LogP contribution in [0.25, 0.3) is 0 Å². The molecule has 2 aromatic rings. The van der Waals surface area contributed by atoms with Gasteiger partial charge in [0.1, 0.15) is 18.1 Å². The largest absolute Gasteiger partial charge is 0.508 e. The summed E-state index contributed by atoms with van der Waals surface area (Å²) in [6.07, 6.45) is 0. The third-order valence-electron chi connectivity index (χ3n) is 4.74. The third kappa shape index (κ3) is 5.62. The Bertz CT molecular complexity index is 713. The Kier molecular flexibility index (Phi) is 6.54. The summed E-state index contributed by atoms with van der Waals surface area (Å²) in [5.41, 5.74) is 1.08. The number of hydrogen-bond donors (Lipinski definition) is 1. The van der Waals surface area contributed by atoms with E-state index in [1.807, 2.05) is 59.3 Å². The highest BCUT2D eigenvalue weighted by atomic mass is 16.5. The van der Waals surface area contributed by atoms with Gasteiger partial charge in [-0.25, -0.2) is 0 Å². The zero-order valence-electron chi connectivity index (χ0n) is 15.8. The number of rotatable bonds is 7. The molecule has 0 aromatic heterocycles. The molecule has 6 nitrogen and oxygen atoms in total. The molecule has 0 spiro atoms. The number of para-hydroxylation sites is 1. The van der Waals surface area contributed by atoms with Gasteiger partial charge in [0, 0.05) is 38.4 Å². The normalized spacial score (nSPS) is 14.4. The molecule has 1 saturated heterocycles. The highest BCUT2D eigenvalue weighted by molar-refractivity contribution is 5.78. The van der Waals surface area contributed by atoms with Crippen LogP contribution in [0, 0.1) is 0 Å². The van der Waals surface area contributed by atoms with Crippen LogP contribution in [0.3, 0.4) is 0 Å². The number of amides is 1. The molecule has 0 bridgehead atoms. The second kappa shape index (κ2) is 9.28. The minimum absolute atomic E-state index is 0.155. The number of carbonyl (C=O) groups excluding carboxylic acids is 1. The van der Waals surface area contributed by atoms with Crippen LogP contribution in [0.5, 0.6) is 11.5 Å². The zero-order chi connectivity index (χ0) is 19.1. The van der Waals surface area contributed by atoms with Crippen molar-refractivity contribution in [2.24, 2.45) is 0 Å². The van der Waals surface area contributed by atoms with Crippen LogP contribution in [-0.2, 0) is 4.79 Å². The molecule has 1 aliphatic rings. The number of likely N-dealkylation sites (N-methyl/N-ethyl adjacent to an activating group) is 1. The van der Waals surface area contributed by atoms with Crippen LogP contribution in [0.1, 0.15) is 0 Å². The second-order valence-corrected chi connectivity index (χ2v) is 6.78. The van der Waals surface area contributed by atoms with E-state index in [9.17, 15) is 9.90 Å². The van der Waals surface area contributed by atoms with Crippen LogP contribution in [0.2, 0.25) is 0 Å². The van der Waals surface area contributed by atoms with Crippen molar-refractivity contribution in [2.45, 2.75) is 0 Å². The SMILES string of the molecule is CN(CCOc1ccccc1)CC(=O)N1CCN(c2ccc(O)cc2)CC1. The number of anilines is 1. The number of benzene rings is 2. The number of phenols is 1. The minimum atomic E-state index is 0.155. The fraction of sp³-hybridized carbons (Fsp3) is 0.381. The van der Waals surface area contributed by atoms with Crippen molar-refractivity contribution < 1.29 is 14.6 Å². The molecule has 1 amide bonds. The van der Waals surface area contributed by atoms with Crippen molar-refractivity contribution in [1.29, 1.82) is 0 Å². The summed E-state index contributed by atoms with van der Waals surface area (Å²) in [5.74, 6) is 1.27. The van der Waals surface area contributed by atoms with Crippen molar-refractivity contribution in [3.63, 3.8) is 0 Å². The van der Waals surface area contributed by atoms with Crippen LogP contribution in [0.4, 0.5) is 5.69 Å². The number of carbonyl (C=O) groups is 1. The third-order valence-corrected chi connectivity index (χ3v) is 4.74. The first kappa shape index (κ1) is 19.0. The molecule has 3 rings (SSSR count). The summed E-state index contributed by atoms with van der Waals surface area (Å²) in [7, 11) is 1.94. The predicted molar refractivity (Wildman–Crippen MR) is 106 cm³/mol. The van der Waals surface area contributed by atoms with Crippen LogP contribution >= 0.6 is 0 Å². The fourth-order valence-corrected chi connectivity index (χ4v) is 3.12. The van der Waals surface area contributed by atoms with E-state index >= 15 is 0 Å². The summed E-state index contributed by atoms with van der Waals surface area (Å²) in [5, 5.41) is 9.40. The molecule has 27 heavy (non-hydrogen) atoms. The van der Waals surface area contributed by atoms with Gasteiger partial charge in [0.05, 0.1) is 6.54 Å². The lowest BCUT2D eigenvalue weighted by Crippen LogP contribution is -2.51. The average Bonchev–Trinajstić information content (AvgIpc) is 2.69. The Morgan fingerprint density at radius 2 is 1.70 bits per heavy atom. The van der Waals surface area contributed by atoms with Crippen LogP contribution in [-0.4, -0.2) is 73.7 Å². The van der Waals surface area contributed by atoms with Gasteiger partial charge in [-0.2, -0.15) is 0 Å². The van der Waals surface area contributed by atoms with Gasteiger partial charge >= 0.3 is 0 Å². The molecule has 1 aliphatic heterocycles. The highest BCUT2D eigenvalue weighted by Crippen LogP contribution is 2.19. The van der Waals surface area contributed by atoms with E-state index in [2.05, 4.69) is 4.90 Å². The van der Waals surface area contributed by atoms with Gasteiger partial charge in [-0.15, -0.1) is 0 Å². The lowest BCUT2D eigenvalue weighted by molar-refractivity contribution is -0.132. The first-order valence-electron chi connectivity index (χ1n) is 9.30. The van der Waals surface area contributed by atoms with Crippen molar-refractivity contribution in [3.8, 4) is 11.5 Å². The summed E-state index contributed by atoms with van der Waals surface area (Å²) >= 11 is 0. The maximum atomic E-state index is 12.5. The Hall–Kier alpha value is -2.73. The quantitative estimate of drug-likeness (QED) is 0.810. The summed E-state index contributed by atoms with van der Waals surface area (Å²) < 4.78 is 5.68. The summed E-state index contributed by atoms with van der Waals surface area (Å²) in [6, 6.07) is 16.9. The van der Waals surface area contributed by atoms with E-state index in [-0.39, 0.29) is 11.7 Å². The van der Waals surface area contributed by atoms with Crippen molar-refractivity contribution in [1.82, 2.24) is 9.80 Å². The monoisotopic (exact) mass is 369 g/mol. The highest BCUT2D eigenvalue weighted by Gasteiger charge is 2.22. The zero-order valence-corrected chi connectivity index (χ0v) is 15.8. The van der Waals surface area contributed by atoms with Gasteiger partial charge in [-0.05, 0) is 43.4 Å². The van der Waals surface area contributed by atoms with E-state index in [0.717, 1.165) is 24.5 Å². The van der Waals surface area contributed by atoms with E-state index < -0.39 is 0 Å². The van der Waals surface area contributed by atoms with Crippen molar-refractivity contribution >= 4 is 11.6 Å². The molecule has 0 atom stereocenters. The summed E-state index contributed by atoms with van der Waals surface area (Å²) in [6.45, 7) is 4.70. The standard InChI is InChI=1S/C21H27N3O3/c1-22(15-16-27-20-5-3-2-4-6-20)17-21(26)24-13-11-23(12-14-24)18-7-9-19(25)10-8-18/h2-10,25H,11-17H2,1H3. The number of piperazine rings is 1. The maximum Gasteiger partial charge on any atom is 0.236 e. The van der Waals surface area contributed by atoms with E-state index in [0.29, 0.717) is 32.8 Å². The average molecular weight is 369 g/mol. The predicted octanol–water partition coefficient (Wildman–Crippen LogP) is 2.05. The van der Waals surface area contributed by atoms with Gasteiger partial charge in [-0.1, -0.05) is 18.2 Å². The number of hydrogen-bond acceptors (Lipinski definition) is 5.